The highest BCUT2D eigenvalue weighted by atomic mass is 35.5. The number of nitrogens with zero attached hydrogens (tertiary/aromatic N) is 2. The van der Waals surface area contributed by atoms with Crippen molar-refractivity contribution in [3.8, 4) is 17.0 Å². The summed E-state index contributed by atoms with van der Waals surface area (Å²) >= 11 is 7.36. The SMILES string of the molecule is O=C(NCCO)NCCCn1c(-c2ccc(OC(F)(F)F)cc2)csc1=NCc1ccc(Cl)cc1. The average molecular weight is 529 g/mol. The van der Waals surface area contributed by atoms with E-state index >= 15 is 0 Å². The normalized spacial score (nSPS) is 12.0. The lowest BCUT2D eigenvalue weighted by Crippen LogP contribution is -2.37. The van der Waals surface area contributed by atoms with Gasteiger partial charge in [0.2, 0.25) is 0 Å². The fraction of sp³-hybridized carbons (Fsp3) is 0.304. The van der Waals surface area contributed by atoms with E-state index in [-0.39, 0.29) is 24.9 Å². The van der Waals surface area contributed by atoms with Crippen molar-refractivity contribution in [2.24, 2.45) is 4.99 Å². The summed E-state index contributed by atoms with van der Waals surface area (Å²) in [6.07, 6.45) is -4.17. The number of amides is 2. The maximum Gasteiger partial charge on any atom is 0.573 e. The quantitative estimate of drug-likeness (QED) is 0.337. The second-order valence-corrected chi connectivity index (χ2v) is 8.60. The third kappa shape index (κ3) is 8.61. The van der Waals surface area contributed by atoms with E-state index in [2.05, 4.69) is 15.4 Å². The molecule has 3 aromatic rings. The van der Waals surface area contributed by atoms with Crippen molar-refractivity contribution in [1.29, 1.82) is 0 Å². The molecule has 0 saturated carbocycles. The molecule has 12 heteroatoms. The maximum atomic E-state index is 12.5. The number of aliphatic hydroxyl groups is 1. The molecular formula is C23H24ClF3N4O3S. The molecule has 7 nitrogen and oxygen atoms in total. The predicted molar refractivity (Wildman–Crippen MR) is 128 cm³/mol. The van der Waals surface area contributed by atoms with Crippen LogP contribution < -0.4 is 20.2 Å². The number of alkyl halides is 3. The Kier molecular flexibility index (Phi) is 9.58. The third-order valence-electron chi connectivity index (χ3n) is 4.73. The lowest BCUT2D eigenvalue weighted by atomic mass is 10.1. The van der Waals surface area contributed by atoms with Crippen LogP contribution >= 0.6 is 22.9 Å². The average Bonchev–Trinajstić information content (AvgIpc) is 3.22. The zero-order chi connectivity index (χ0) is 25.3. The number of aromatic nitrogens is 1. The third-order valence-corrected chi connectivity index (χ3v) is 5.89. The molecule has 0 unspecified atom stereocenters. The number of urea groups is 1. The minimum Gasteiger partial charge on any atom is -0.406 e. The van der Waals surface area contributed by atoms with Crippen molar-refractivity contribution in [3.05, 3.63) is 69.3 Å². The second-order valence-electron chi connectivity index (χ2n) is 7.33. The molecule has 1 heterocycles. The Balaban J connectivity index is 1.79. The molecule has 35 heavy (non-hydrogen) atoms. The van der Waals surface area contributed by atoms with Gasteiger partial charge in [0, 0.05) is 30.0 Å². The van der Waals surface area contributed by atoms with Crippen LogP contribution in [0.5, 0.6) is 5.75 Å². The number of carbonyl (C=O) groups is 1. The van der Waals surface area contributed by atoms with Crippen LogP contribution in [-0.2, 0) is 13.1 Å². The molecule has 2 aromatic carbocycles. The Morgan fingerprint density at radius 3 is 2.43 bits per heavy atom. The minimum atomic E-state index is -4.76. The molecule has 3 N–H and O–H groups in total. The largest absolute Gasteiger partial charge is 0.573 e. The summed E-state index contributed by atoms with van der Waals surface area (Å²) in [5.74, 6) is -0.297. The van der Waals surface area contributed by atoms with Crippen LogP contribution in [0, 0.1) is 0 Å². The number of thiazole rings is 1. The Bertz CT molecular complexity index is 1160. The van der Waals surface area contributed by atoms with Crippen molar-refractivity contribution in [3.63, 3.8) is 0 Å². The molecule has 1 aromatic heterocycles. The zero-order valence-corrected chi connectivity index (χ0v) is 20.1. The van der Waals surface area contributed by atoms with E-state index in [0.717, 1.165) is 16.1 Å². The van der Waals surface area contributed by atoms with Crippen LogP contribution in [0.25, 0.3) is 11.3 Å². The lowest BCUT2D eigenvalue weighted by Gasteiger charge is -2.12. The van der Waals surface area contributed by atoms with Crippen LogP contribution in [0.3, 0.4) is 0 Å². The Morgan fingerprint density at radius 1 is 1.09 bits per heavy atom. The Morgan fingerprint density at radius 2 is 1.77 bits per heavy atom. The monoisotopic (exact) mass is 528 g/mol. The fourth-order valence-corrected chi connectivity index (χ4v) is 4.21. The van der Waals surface area contributed by atoms with Gasteiger partial charge in [-0.2, -0.15) is 0 Å². The van der Waals surface area contributed by atoms with Gasteiger partial charge in [0.25, 0.3) is 0 Å². The first-order valence-corrected chi connectivity index (χ1v) is 11.9. The van der Waals surface area contributed by atoms with Crippen molar-refractivity contribution >= 4 is 29.0 Å². The van der Waals surface area contributed by atoms with Gasteiger partial charge in [-0.25, -0.2) is 4.79 Å². The molecule has 0 aliphatic rings. The Labute approximate surface area is 208 Å². The van der Waals surface area contributed by atoms with Crippen LogP contribution in [0.1, 0.15) is 12.0 Å². The molecule has 2 amide bonds. The molecular weight excluding hydrogens is 505 g/mol. The van der Waals surface area contributed by atoms with Gasteiger partial charge >= 0.3 is 12.4 Å². The van der Waals surface area contributed by atoms with Gasteiger partial charge in [0.15, 0.2) is 4.80 Å². The molecule has 0 radical (unpaired) electrons. The topological polar surface area (TPSA) is 87.9 Å². The first kappa shape index (κ1) is 26.6. The number of rotatable bonds is 10. The highest BCUT2D eigenvalue weighted by Crippen LogP contribution is 2.27. The van der Waals surface area contributed by atoms with Gasteiger partial charge in [0.05, 0.1) is 18.8 Å². The van der Waals surface area contributed by atoms with E-state index in [0.29, 0.717) is 36.6 Å². The van der Waals surface area contributed by atoms with Crippen LogP contribution in [0.4, 0.5) is 18.0 Å². The molecule has 0 spiro atoms. The number of halogens is 4. The number of hydrogen-bond acceptors (Lipinski definition) is 5. The summed E-state index contributed by atoms with van der Waals surface area (Å²) in [5, 5.41) is 16.5. The number of nitrogens with one attached hydrogen (secondary N) is 2. The summed E-state index contributed by atoms with van der Waals surface area (Å²) in [6.45, 7) is 1.34. The van der Waals surface area contributed by atoms with Crippen molar-refractivity contribution in [1.82, 2.24) is 15.2 Å². The highest BCUT2D eigenvalue weighted by Gasteiger charge is 2.31. The van der Waals surface area contributed by atoms with Gasteiger partial charge in [-0.3, -0.25) is 4.99 Å². The summed E-state index contributed by atoms with van der Waals surface area (Å²) < 4.78 is 43.4. The lowest BCUT2D eigenvalue weighted by molar-refractivity contribution is -0.274. The van der Waals surface area contributed by atoms with E-state index in [1.54, 1.807) is 24.3 Å². The van der Waals surface area contributed by atoms with E-state index in [1.807, 2.05) is 22.1 Å². The van der Waals surface area contributed by atoms with Crippen LogP contribution in [0.2, 0.25) is 5.02 Å². The van der Waals surface area contributed by atoms with E-state index in [9.17, 15) is 18.0 Å². The van der Waals surface area contributed by atoms with Gasteiger partial charge < -0.3 is 25.0 Å². The number of hydrogen-bond donors (Lipinski definition) is 3. The standard InChI is InChI=1S/C23H24ClF3N4O3S/c24-18-6-2-16(3-7-18)14-30-22-31(12-1-10-28-21(33)29-11-13-32)20(15-35-22)17-4-8-19(9-5-17)34-23(25,26)27/h2-9,15,32H,1,10-14H2,(H2,28,29,33). The van der Waals surface area contributed by atoms with Gasteiger partial charge in [-0.15, -0.1) is 24.5 Å². The fourth-order valence-electron chi connectivity index (χ4n) is 3.15. The molecule has 0 atom stereocenters. The van der Waals surface area contributed by atoms with Crippen molar-refractivity contribution in [2.45, 2.75) is 25.9 Å². The number of benzene rings is 2. The van der Waals surface area contributed by atoms with Crippen molar-refractivity contribution in [2.75, 3.05) is 19.7 Å². The zero-order valence-electron chi connectivity index (χ0n) is 18.5. The molecule has 0 bridgehead atoms. The summed E-state index contributed by atoms with van der Waals surface area (Å²) in [6, 6.07) is 12.6. The number of ether oxygens (including phenoxy) is 1. The van der Waals surface area contributed by atoms with E-state index in [1.165, 1.54) is 23.5 Å². The van der Waals surface area contributed by atoms with E-state index < -0.39 is 6.36 Å². The molecule has 3 rings (SSSR count). The minimum absolute atomic E-state index is 0.146. The number of aliphatic hydroxyl groups excluding tert-OH is 1. The second kappa shape index (κ2) is 12.6. The van der Waals surface area contributed by atoms with Gasteiger partial charge in [-0.1, -0.05) is 23.7 Å². The first-order chi connectivity index (χ1) is 16.7. The van der Waals surface area contributed by atoms with E-state index in [4.69, 9.17) is 21.7 Å². The maximum absolute atomic E-state index is 12.5. The molecule has 0 aliphatic carbocycles. The Hall–Kier alpha value is -3.02. The summed E-state index contributed by atoms with van der Waals surface area (Å²) in [4.78, 5) is 17.1. The smallest absolute Gasteiger partial charge is 0.406 e. The van der Waals surface area contributed by atoms with Gasteiger partial charge in [-0.05, 0) is 53.9 Å². The molecule has 0 aliphatic heterocycles. The predicted octanol–water partition coefficient (Wildman–Crippen LogP) is 4.55. The van der Waals surface area contributed by atoms with Gasteiger partial charge in [0.1, 0.15) is 5.75 Å². The van der Waals surface area contributed by atoms with Crippen LogP contribution in [0.15, 0.2) is 58.9 Å². The summed E-state index contributed by atoms with van der Waals surface area (Å²) in [7, 11) is 0. The first-order valence-electron chi connectivity index (χ1n) is 10.7. The number of carbonyl (C=O) groups excluding carboxylic acids is 1. The molecule has 0 saturated heterocycles. The van der Waals surface area contributed by atoms with Crippen molar-refractivity contribution < 1.29 is 27.8 Å². The summed E-state index contributed by atoms with van der Waals surface area (Å²) in [5.41, 5.74) is 2.47. The van der Waals surface area contributed by atoms with Crippen LogP contribution in [-0.4, -0.2) is 41.8 Å². The molecule has 0 fully saturated rings. The highest BCUT2D eigenvalue weighted by molar-refractivity contribution is 7.07. The molecule has 188 valence electrons.